The molecular weight excluding hydrogens is 462 g/mol. The van der Waals surface area contributed by atoms with Crippen LogP contribution in [-0.2, 0) is 17.7 Å². The number of esters is 1. The summed E-state index contributed by atoms with van der Waals surface area (Å²) in [7, 11) is 0. The number of anilines is 4. The molecule has 1 aliphatic heterocycles. The summed E-state index contributed by atoms with van der Waals surface area (Å²) in [5, 5.41) is 7.17. The van der Waals surface area contributed by atoms with Crippen LogP contribution >= 0.6 is 22.9 Å². The van der Waals surface area contributed by atoms with Gasteiger partial charge in [-0.05, 0) is 63.6 Å². The van der Waals surface area contributed by atoms with Crippen molar-refractivity contribution in [3.05, 3.63) is 65.7 Å². The van der Waals surface area contributed by atoms with Gasteiger partial charge >= 0.3 is 5.97 Å². The van der Waals surface area contributed by atoms with Gasteiger partial charge in [0.05, 0.1) is 5.56 Å². The predicted molar refractivity (Wildman–Crippen MR) is 134 cm³/mol. The molecule has 2 aromatic carbocycles. The third kappa shape index (κ3) is 4.83. The second-order valence-electron chi connectivity index (χ2n) is 8.99. The van der Waals surface area contributed by atoms with E-state index in [4.69, 9.17) is 16.3 Å². The number of thiophene rings is 1. The second kappa shape index (κ2) is 8.93. The number of hydrogen-bond acceptors (Lipinski definition) is 8. The number of benzene rings is 1. The maximum atomic E-state index is 13.1. The number of nitrogens with zero attached hydrogens (tertiary/aromatic N) is 1. The molecule has 3 aromatic rings. The van der Waals surface area contributed by atoms with Crippen LogP contribution in [0.4, 0.5) is 22.1 Å². The van der Waals surface area contributed by atoms with Crippen LogP contribution < -0.4 is 21.5 Å². The van der Waals surface area contributed by atoms with Crippen molar-refractivity contribution in [2.45, 2.75) is 46.3 Å². The lowest BCUT2D eigenvalue weighted by Gasteiger charge is -2.26. The lowest BCUT2D eigenvalue weighted by molar-refractivity contribution is 0.00695. The minimum atomic E-state index is -0.657. The van der Waals surface area contributed by atoms with Crippen LogP contribution in [-0.4, -0.2) is 29.6 Å². The van der Waals surface area contributed by atoms with Gasteiger partial charge in [0.1, 0.15) is 22.0 Å². The highest BCUT2D eigenvalue weighted by atomic mass is 35.5. The Labute approximate surface area is 201 Å². The fourth-order valence-electron chi connectivity index (χ4n) is 3.78. The quantitative estimate of drug-likeness (QED) is 0.380. The number of likely N-dealkylation sites (N-methyl/N-ethyl adjacent to an activating group) is 1. The summed E-state index contributed by atoms with van der Waals surface area (Å²) in [5.41, 5.74) is 0.456. The number of hydrogen-bond donors (Lipinski definition) is 2. The summed E-state index contributed by atoms with van der Waals surface area (Å²) in [6.07, 6.45) is 0.720. The van der Waals surface area contributed by atoms with E-state index in [-0.39, 0.29) is 11.4 Å². The molecule has 4 rings (SSSR count). The van der Waals surface area contributed by atoms with E-state index in [1.165, 1.54) is 11.3 Å². The fourth-order valence-corrected chi connectivity index (χ4v) is 5.19. The molecule has 33 heavy (non-hydrogen) atoms. The van der Waals surface area contributed by atoms with Gasteiger partial charge in [-0.3, -0.25) is 14.5 Å². The first-order valence-corrected chi connectivity index (χ1v) is 12.0. The molecule has 7 nitrogen and oxygen atoms in total. The Morgan fingerprint density at radius 2 is 1.76 bits per heavy atom. The van der Waals surface area contributed by atoms with Crippen molar-refractivity contribution in [2.75, 3.05) is 23.7 Å². The molecule has 9 heteroatoms. The van der Waals surface area contributed by atoms with Gasteiger partial charge in [-0.15, -0.1) is 11.3 Å². The van der Waals surface area contributed by atoms with Gasteiger partial charge in [-0.2, -0.15) is 0 Å². The summed E-state index contributed by atoms with van der Waals surface area (Å²) < 4.78 is 5.67. The zero-order chi connectivity index (χ0) is 23.9. The summed E-state index contributed by atoms with van der Waals surface area (Å²) in [6, 6.07) is 6.82. The van der Waals surface area contributed by atoms with E-state index in [1.54, 1.807) is 24.3 Å². The lowest BCUT2D eigenvalue weighted by atomic mass is 10.0. The molecule has 0 unspecified atom stereocenters. The van der Waals surface area contributed by atoms with Crippen LogP contribution in [0.2, 0.25) is 5.02 Å². The van der Waals surface area contributed by atoms with Gasteiger partial charge in [0.25, 0.3) is 10.9 Å². The number of rotatable bonds is 6. The SMILES string of the molecule is CCN1CCc2c(sc(Nc3c(Nc4ccc(Cl)cc4)c(=O)c3=O)c2C(=O)OC(C)(C)C)C1. The van der Waals surface area contributed by atoms with Crippen LogP contribution in [0.5, 0.6) is 0 Å². The summed E-state index contributed by atoms with van der Waals surface area (Å²) in [4.78, 5) is 41.2. The van der Waals surface area contributed by atoms with E-state index in [9.17, 15) is 14.4 Å². The molecule has 0 radical (unpaired) electrons. The first-order valence-electron chi connectivity index (χ1n) is 10.8. The maximum Gasteiger partial charge on any atom is 0.341 e. The molecule has 174 valence electrons. The molecule has 0 amide bonds. The highest BCUT2D eigenvalue weighted by Crippen LogP contribution is 2.40. The number of carbonyl (C=O) groups is 1. The van der Waals surface area contributed by atoms with E-state index in [0.717, 1.165) is 36.5 Å². The van der Waals surface area contributed by atoms with E-state index in [1.807, 2.05) is 20.8 Å². The monoisotopic (exact) mass is 487 g/mol. The number of fused-ring (bicyclic) bond motifs is 1. The summed E-state index contributed by atoms with van der Waals surface area (Å²) >= 11 is 7.36. The average molecular weight is 488 g/mol. The van der Waals surface area contributed by atoms with Crippen molar-refractivity contribution < 1.29 is 9.53 Å². The molecule has 2 N–H and O–H groups in total. The molecule has 0 spiro atoms. The van der Waals surface area contributed by atoms with Crippen LogP contribution in [0, 0.1) is 0 Å². The van der Waals surface area contributed by atoms with Gasteiger partial charge in [0, 0.05) is 28.7 Å². The first-order chi connectivity index (χ1) is 15.6. The average Bonchev–Trinajstić information content (AvgIpc) is 3.13. The minimum absolute atomic E-state index is 0.144. The molecule has 0 saturated heterocycles. The maximum absolute atomic E-state index is 13.1. The molecular formula is C24H26ClN3O4S. The Hall–Kier alpha value is -2.68. The highest BCUT2D eigenvalue weighted by Gasteiger charge is 2.32. The molecule has 0 atom stereocenters. The van der Waals surface area contributed by atoms with Gasteiger partial charge < -0.3 is 15.4 Å². The van der Waals surface area contributed by atoms with E-state index in [2.05, 4.69) is 22.5 Å². The minimum Gasteiger partial charge on any atom is -0.456 e. The smallest absolute Gasteiger partial charge is 0.341 e. The van der Waals surface area contributed by atoms with Crippen LogP contribution in [0.3, 0.4) is 0 Å². The largest absolute Gasteiger partial charge is 0.456 e. The Morgan fingerprint density at radius 1 is 1.12 bits per heavy atom. The Balaban J connectivity index is 1.70. The normalized spacial score (nSPS) is 14.2. The molecule has 1 aliphatic rings. The third-order valence-corrected chi connectivity index (χ3v) is 6.83. The zero-order valence-electron chi connectivity index (χ0n) is 19.0. The van der Waals surface area contributed by atoms with Crippen molar-refractivity contribution in [2.24, 2.45) is 0 Å². The molecule has 0 aliphatic carbocycles. The number of carbonyl (C=O) groups excluding carboxylic acids is 1. The third-order valence-electron chi connectivity index (χ3n) is 5.45. The van der Waals surface area contributed by atoms with Gasteiger partial charge in [-0.1, -0.05) is 18.5 Å². The number of nitrogens with one attached hydrogen (secondary N) is 2. The van der Waals surface area contributed by atoms with Crippen molar-refractivity contribution >= 4 is 51.0 Å². The van der Waals surface area contributed by atoms with E-state index in [0.29, 0.717) is 21.3 Å². The van der Waals surface area contributed by atoms with Crippen molar-refractivity contribution in [3.63, 3.8) is 0 Å². The highest BCUT2D eigenvalue weighted by molar-refractivity contribution is 7.16. The Kier molecular flexibility index (Phi) is 6.35. The first kappa shape index (κ1) is 23.5. The van der Waals surface area contributed by atoms with Gasteiger partial charge in [-0.25, -0.2) is 4.79 Å². The Morgan fingerprint density at radius 3 is 2.36 bits per heavy atom. The van der Waals surface area contributed by atoms with Crippen molar-refractivity contribution in [1.82, 2.24) is 4.90 Å². The summed E-state index contributed by atoms with van der Waals surface area (Å²) in [6.45, 7) is 10.1. The zero-order valence-corrected chi connectivity index (χ0v) is 20.6. The topological polar surface area (TPSA) is 87.7 Å². The van der Waals surface area contributed by atoms with Gasteiger partial charge in [0.2, 0.25) is 0 Å². The van der Waals surface area contributed by atoms with Crippen molar-refractivity contribution in [3.8, 4) is 0 Å². The summed E-state index contributed by atoms with van der Waals surface area (Å²) in [5.74, 6) is -0.432. The molecule has 0 fully saturated rings. The van der Waals surface area contributed by atoms with Gasteiger partial charge in [0.15, 0.2) is 0 Å². The standard InChI is InChI=1S/C24H26ClN3O4S/c1-5-28-11-10-15-16(12-28)33-22(17(15)23(31)32-24(2,3)4)27-19-18(20(29)21(19)30)26-14-8-6-13(25)7-9-14/h6-9,26-27H,5,10-12H2,1-4H3. The molecule has 0 saturated carbocycles. The lowest BCUT2D eigenvalue weighted by Crippen LogP contribution is -2.36. The van der Waals surface area contributed by atoms with Crippen LogP contribution in [0.15, 0.2) is 33.9 Å². The molecule has 0 bridgehead atoms. The van der Waals surface area contributed by atoms with E-state index < -0.39 is 22.4 Å². The van der Waals surface area contributed by atoms with Crippen LogP contribution in [0.1, 0.15) is 48.5 Å². The van der Waals surface area contributed by atoms with E-state index >= 15 is 0 Å². The number of halogens is 1. The van der Waals surface area contributed by atoms with Crippen LogP contribution in [0.25, 0.3) is 0 Å². The fraction of sp³-hybridized carbons (Fsp3) is 0.375. The Bertz CT molecular complexity index is 1270. The number of ether oxygens (including phenoxy) is 1. The second-order valence-corrected chi connectivity index (χ2v) is 10.5. The predicted octanol–water partition coefficient (Wildman–Crippen LogP) is 4.82. The van der Waals surface area contributed by atoms with Crippen molar-refractivity contribution in [1.29, 1.82) is 0 Å². The molecule has 1 aromatic heterocycles. The molecule has 2 heterocycles.